The lowest BCUT2D eigenvalue weighted by Crippen LogP contribution is -2.49. The van der Waals surface area contributed by atoms with E-state index in [9.17, 15) is 18.0 Å². The van der Waals surface area contributed by atoms with E-state index in [0.717, 1.165) is 14.9 Å². The summed E-state index contributed by atoms with van der Waals surface area (Å²) < 4.78 is 26.8. The first-order valence-corrected chi connectivity index (χ1v) is 11.8. The van der Waals surface area contributed by atoms with Crippen molar-refractivity contribution in [3.63, 3.8) is 0 Å². The Kier molecular flexibility index (Phi) is 6.07. The number of carbonyl (C=O) groups excluding carboxylic acids is 2. The molecule has 4 rings (SSSR count). The van der Waals surface area contributed by atoms with Crippen LogP contribution in [0, 0.1) is 0 Å². The Morgan fingerprint density at radius 2 is 2.13 bits per heavy atom. The van der Waals surface area contributed by atoms with Gasteiger partial charge in [0.25, 0.3) is 0 Å². The molecule has 0 bridgehead atoms. The van der Waals surface area contributed by atoms with Gasteiger partial charge in [-0.25, -0.2) is 13.4 Å². The molecule has 1 aliphatic heterocycles. The van der Waals surface area contributed by atoms with Crippen LogP contribution in [0.2, 0.25) is 0 Å². The molecule has 2 aromatic heterocycles. The van der Waals surface area contributed by atoms with Gasteiger partial charge in [0.15, 0.2) is 0 Å². The third-order valence-corrected chi connectivity index (χ3v) is 7.34. The van der Waals surface area contributed by atoms with Crippen LogP contribution in [0.4, 0.5) is 5.69 Å². The summed E-state index contributed by atoms with van der Waals surface area (Å²) in [5, 5.41) is 7.89. The van der Waals surface area contributed by atoms with Crippen LogP contribution < -0.4 is 10.6 Å². The van der Waals surface area contributed by atoms with E-state index in [1.165, 1.54) is 23.5 Å². The lowest BCUT2D eigenvalue weighted by molar-refractivity contribution is -0.122. The quantitative estimate of drug-likeness (QED) is 0.579. The minimum atomic E-state index is -3.83. The van der Waals surface area contributed by atoms with Crippen LogP contribution in [-0.2, 0) is 26.0 Å². The molecule has 1 aliphatic rings. The summed E-state index contributed by atoms with van der Waals surface area (Å²) in [6.07, 6.45) is 3.44. The van der Waals surface area contributed by atoms with Gasteiger partial charge in [0, 0.05) is 42.1 Å². The van der Waals surface area contributed by atoms with Crippen molar-refractivity contribution in [3.05, 3.63) is 59.9 Å². The van der Waals surface area contributed by atoms with Crippen molar-refractivity contribution < 1.29 is 18.0 Å². The second-order valence-corrected chi connectivity index (χ2v) is 9.62. The Hall–Kier alpha value is -3.15. The number of hydrogen-bond donors (Lipinski definition) is 2. The van der Waals surface area contributed by atoms with E-state index in [1.807, 2.05) is 17.5 Å². The highest BCUT2D eigenvalue weighted by Gasteiger charge is 2.29. The molecule has 0 saturated carbocycles. The fourth-order valence-electron chi connectivity index (χ4n) is 3.08. The molecule has 11 heteroatoms. The summed E-state index contributed by atoms with van der Waals surface area (Å²) in [5.74, 6) is -0.650. The smallest absolute Gasteiger partial charge is 0.243 e. The number of rotatable bonds is 6. The van der Waals surface area contributed by atoms with Crippen molar-refractivity contribution >= 4 is 38.9 Å². The molecular weight excluding hydrogens is 438 g/mol. The van der Waals surface area contributed by atoms with Crippen molar-refractivity contribution in [2.75, 3.05) is 25.0 Å². The van der Waals surface area contributed by atoms with E-state index in [4.69, 9.17) is 0 Å². The average molecular weight is 458 g/mol. The molecule has 31 heavy (non-hydrogen) atoms. The number of nitrogens with one attached hydrogen (secondary N) is 2. The molecule has 2 N–H and O–H groups in total. The summed E-state index contributed by atoms with van der Waals surface area (Å²) in [4.78, 5) is 32.6. The summed E-state index contributed by atoms with van der Waals surface area (Å²) in [5.41, 5.74) is 1.85. The van der Waals surface area contributed by atoms with Crippen LogP contribution in [0.1, 0.15) is 5.69 Å². The number of nitrogens with zero attached hydrogens (tertiary/aromatic N) is 3. The second kappa shape index (κ2) is 8.92. The number of carbonyl (C=O) groups is 2. The molecule has 0 unspecified atom stereocenters. The highest BCUT2D eigenvalue weighted by molar-refractivity contribution is 7.89. The Morgan fingerprint density at radius 3 is 2.90 bits per heavy atom. The first-order valence-electron chi connectivity index (χ1n) is 9.43. The van der Waals surface area contributed by atoms with Gasteiger partial charge in [-0.15, -0.1) is 11.3 Å². The van der Waals surface area contributed by atoms with Crippen molar-refractivity contribution in [1.29, 1.82) is 0 Å². The van der Waals surface area contributed by atoms with E-state index < -0.39 is 10.0 Å². The number of anilines is 1. The Bertz CT molecular complexity index is 1210. The largest absolute Gasteiger partial charge is 0.354 e. The number of piperazine rings is 1. The maximum absolute atomic E-state index is 12.8. The molecule has 1 saturated heterocycles. The van der Waals surface area contributed by atoms with Crippen molar-refractivity contribution in [3.8, 4) is 10.6 Å². The highest BCUT2D eigenvalue weighted by atomic mass is 32.2. The first-order chi connectivity index (χ1) is 14.9. The number of thiazole rings is 1. The summed E-state index contributed by atoms with van der Waals surface area (Å²) in [7, 11) is -3.83. The van der Waals surface area contributed by atoms with E-state index in [-0.39, 0.29) is 42.8 Å². The molecule has 9 nitrogen and oxygen atoms in total. The molecule has 0 aliphatic carbocycles. The van der Waals surface area contributed by atoms with Gasteiger partial charge in [0.2, 0.25) is 21.8 Å². The zero-order valence-corrected chi connectivity index (χ0v) is 17.9. The molecule has 3 heterocycles. The van der Waals surface area contributed by atoms with Gasteiger partial charge in [-0.3, -0.25) is 14.6 Å². The van der Waals surface area contributed by atoms with Gasteiger partial charge in [-0.05, 0) is 30.3 Å². The van der Waals surface area contributed by atoms with E-state index in [0.29, 0.717) is 11.4 Å². The standard InChI is InChI=1S/C20H19N5O4S2/c26-18(10-16-13-30-20(24-16)14-3-2-6-21-11-14)23-15-4-1-5-17(9-15)31(28,29)25-8-7-22-19(27)12-25/h1-6,9,11,13H,7-8,10,12H2,(H,22,27)(H,23,26). The maximum Gasteiger partial charge on any atom is 0.243 e. The van der Waals surface area contributed by atoms with Crippen LogP contribution in [-0.4, -0.2) is 54.1 Å². The van der Waals surface area contributed by atoms with E-state index in [2.05, 4.69) is 20.6 Å². The second-order valence-electron chi connectivity index (χ2n) is 6.83. The van der Waals surface area contributed by atoms with Crippen LogP contribution in [0.3, 0.4) is 0 Å². The SMILES string of the molecule is O=C1CN(S(=O)(=O)c2cccc(NC(=O)Cc3csc(-c4cccnc4)n3)c2)CCN1. The number of pyridine rings is 1. The lowest BCUT2D eigenvalue weighted by atomic mass is 10.2. The predicted molar refractivity (Wildman–Crippen MR) is 116 cm³/mol. The predicted octanol–water partition coefficient (Wildman–Crippen LogP) is 1.51. The number of benzene rings is 1. The number of amides is 2. The number of aromatic nitrogens is 2. The molecule has 0 spiro atoms. The van der Waals surface area contributed by atoms with E-state index >= 15 is 0 Å². The Balaban J connectivity index is 1.44. The summed E-state index contributed by atoms with van der Waals surface area (Å²) in [6, 6.07) is 9.71. The van der Waals surface area contributed by atoms with Crippen LogP contribution in [0.25, 0.3) is 10.6 Å². The topological polar surface area (TPSA) is 121 Å². The Morgan fingerprint density at radius 1 is 1.26 bits per heavy atom. The fourth-order valence-corrected chi connectivity index (χ4v) is 5.34. The third-order valence-electron chi connectivity index (χ3n) is 4.56. The zero-order valence-electron chi connectivity index (χ0n) is 16.3. The Labute approximate surface area is 183 Å². The van der Waals surface area contributed by atoms with E-state index in [1.54, 1.807) is 24.5 Å². The van der Waals surface area contributed by atoms with Crippen molar-refractivity contribution in [2.24, 2.45) is 0 Å². The molecular formula is C20H19N5O4S2. The zero-order chi connectivity index (χ0) is 21.8. The maximum atomic E-state index is 12.8. The molecule has 1 aromatic carbocycles. The number of sulfonamides is 1. The molecule has 3 aromatic rings. The van der Waals surface area contributed by atoms with Gasteiger partial charge in [0.1, 0.15) is 5.01 Å². The molecule has 2 amide bonds. The monoisotopic (exact) mass is 457 g/mol. The lowest BCUT2D eigenvalue weighted by Gasteiger charge is -2.26. The van der Waals surface area contributed by atoms with Crippen LogP contribution in [0.15, 0.2) is 59.1 Å². The third kappa shape index (κ3) is 4.95. The fraction of sp³-hybridized carbons (Fsp3) is 0.200. The van der Waals surface area contributed by atoms with Gasteiger partial charge >= 0.3 is 0 Å². The summed E-state index contributed by atoms with van der Waals surface area (Å²) in [6.45, 7) is 0.249. The minimum absolute atomic E-state index is 0.0209. The molecule has 160 valence electrons. The van der Waals surface area contributed by atoms with Crippen LogP contribution >= 0.6 is 11.3 Å². The molecule has 0 radical (unpaired) electrons. The first kappa shape index (κ1) is 21.1. The van der Waals surface area contributed by atoms with Gasteiger partial charge < -0.3 is 10.6 Å². The molecule has 1 fully saturated rings. The minimum Gasteiger partial charge on any atom is -0.354 e. The molecule has 0 atom stereocenters. The highest BCUT2D eigenvalue weighted by Crippen LogP contribution is 2.23. The summed E-state index contributed by atoms with van der Waals surface area (Å²) >= 11 is 1.42. The van der Waals surface area contributed by atoms with Crippen molar-refractivity contribution in [2.45, 2.75) is 11.3 Å². The number of hydrogen-bond acceptors (Lipinski definition) is 7. The average Bonchev–Trinajstić information content (AvgIpc) is 3.23. The van der Waals surface area contributed by atoms with Gasteiger partial charge in [0.05, 0.1) is 23.6 Å². The van der Waals surface area contributed by atoms with Crippen LogP contribution in [0.5, 0.6) is 0 Å². The van der Waals surface area contributed by atoms with Crippen molar-refractivity contribution in [1.82, 2.24) is 19.6 Å². The van der Waals surface area contributed by atoms with Gasteiger partial charge in [-0.1, -0.05) is 6.07 Å². The van der Waals surface area contributed by atoms with Gasteiger partial charge in [-0.2, -0.15) is 4.31 Å². The normalized spacial score (nSPS) is 14.8.